The summed E-state index contributed by atoms with van der Waals surface area (Å²) in [6.45, 7) is 0. The molecule has 0 unspecified atom stereocenters. The number of furan rings is 1. The monoisotopic (exact) mass is 729 g/mol. The Labute approximate surface area is 330 Å². The molecule has 0 saturated heterocycles. The van der Waals surface area contributed by atoms with Crippen LogP contribution in [0.25, 0.3) is 94.5 Å². The lowest BCUT2D eigenvalue weighted by Crippen LogP contribution is -1.95. The molecule has 4 nitrogen and oxygen atoms in total. The summed E-state index contributed by atoms with van der Waals surface area (Å²) >= 11 is 0. The van der Waals surface area contributed by atoms with Crippen LogP contribution in [0.15, 0.2) is 205 Å². The Morgan fingerprint density at radius 2 is 1.05 bits per heavy atom. The summed E-state index contributed by atoms with van der Waals surface area (Å²) in [6, 6.07) is 70.6. The van der Waals surface area contributed by atoms with Gasteiger partial charge in [0.1, 0.15) is 16.8 Å². The largest absolute Gasteiger partial charge is 0.452 e. The van der Waals surface area contributed by atoms with Crippen LogP contribution in [0.4, 0.5) is 0 Å². The van der Waals surface area contributed by atoms with E-state index in [0.717, 1.165) is 56.5 Å². The highest BCUT2D eigenvalue weighted by molar-refractivity contribution is 6.11. The maximum absolute atomic E-state index is 6.70. The zero-order valence-corrected chi connectivity index (χ0v) is 31.0. The third kappa shape index (κ3) is 5.78. The average molecular weight is 730 g/mol. The van der Waals surface area contributed by atoms with Gasteiger partial charge in [0.05, 0.1) is 16.4 Å². The van der Waals surface area contributed by atoms with Crippen molar-refractivity contribution in [3.8, 4) is 50.6 Å². The Morgan fingerprint density at radius 1 is 0.439 bits per heavy atom. The molecular formula is C53H35N3O. The summed E-state index contributed by atoms with van der Waals surface area (Å²) in [5.74, 6) is 0.674. The summed E-state index contributed by atoms with van der Waals surface area (Å²) in [5, 5.41) is 3.52. The molecule has 11 rings (SSSR count). The molecule has 0 saturated carbocycles. The van der Waals surface area contributed by atoms with E-state index in [-0.39, 0.29) is 0 Å². The van der Waals surface area contributed by atoms with Gasteiger partial charge < -0.3 is 8.98 Å². The van der Waals surface area contributed by atoms with Crippen LogP contribution in [-0.2, 0) is 6.42 Å². The first-order valence-corrected chi connectivity index (χ1v) is 19.4. The fourth-order valence-corrected chi connectivity index (χ4v) is 8.35. The van der Waals surface area contributed by atoms with E-state index in [0.29, 0.717) is 11.4 Å². The second-order valence-corrected chi connectivity index (χ2v) is 14.6. The van der Waals surface area contributed by atoms with E-state index in [1.807, 2.05) is 30.3 Å². The van der Waals surface area contributed by atoms with Gasteiger partial charge in [-0.15, -0.1) is 0 Å². The fraction of sp³-hybridized carbons (Fsp3) is 0.0189. The summed E-state index contributed by atoms with van der Waals surface area (Å²) in [5.41, 5.74) is 15.7. The zero-order chi connectivity index (χ0) is 37.7. The predicted octanol–water partition coefficient (Wildman–Crippen LogP) is 13.7. The highest BCUT2D eigenvalue weighted by Crippen LogP contribution is 2.39. The van der Waals surface area contributed by atoms with Gasteiger partial charge in [-0.25, -0.2) is 9.97 Å². The van der Waals surface area contributed by atoms with Crippen molar-refractivity contribution < 1.29 is 4.42 Å². The SMILES string of the molecule is c1ccc(-c2ccc(-c3nc(-c4ccccc4)nc4c3oc3cccc(Cc5cccc(-c6ccc7c8ccccc8n(-c8ccccc8)c7c6)c5)c34)cc2)cc1. The van der Waals surface area contributed by atoms with Gasteiger partial charge in [-0.3, -0.25) is 0 Å². The van der Waals surface area contributed by atoms with E-state index in [4.69, 9.17) is 14.4 Å². The maximum atomic E-state index is 6.70. The van der Waals surface area contributed by atoms with E-state index in [2.05, 4.69) is 174 Å². The van der Waals surface area contributed by atoms with E-state index in [1.54, 1.807) is 0 Å². The minimum atomic E-state index is 0.674. The zero-order valence-electron chi connectivity index (χ0n) is 31.0. The van der Waals surface area contributed by atoms with E-state index >= 15 is 0 Å². The lowest BCUT2D eigenvalue weighted by molar-refractivity contribution is 0.667. The molecule has 11 aromatic rings. The van der Waals surface area contributed by atoms with Crippen LogP contribution in [0.3, 0.4) is 0 Å². The third-order valence-electron chi connectivity index (χ3n) is 11.1. The smallest absolute Gasteiger partial charge is 0.180 e. The number of fused-ring (bicyclic) bond motifs is 6. The molecule has 3 heterocycles. The Bertz CT molecular complexity index is 3240. The van der Waals surface area contributed by atoms with Crippen LogP contribution in [0.2, 0.25) is 0 Å². The van der Waals surface area contributed by atoms with Crippen molar-refractivity contribution in [3.63, 3.8) is 0 Å². The number of nitrogens with zero attached hydrogens (tertiary/aromatic N) is 3. The summed E-state index contributed by atoms with van der Waals surface area (Å²) in [7, 11) is 0. The number of aromatic nitrogens is 3. The molecule has 0 amide bonds. The Morgan fingerprint density at radius 3 is 1.86 bits per heavy atom. The summed E-state index contributed by atoms with van der Waals surface area (Å²) in [4.78, 5) is 10.4. The molecule has 0 radical (unpaired) electrons. The number of rotatable bonds is 7. The number of benzene rings is 8. The van der Waals surface area contributed by atoms with E-state index in [1.165, 1.54) is 44.1 Å². The molecular weight excluding hydrogens is 695 g/mol. The van der Waals surface area contributed by atoms with Crippen molar-refractivity contribution in [2.75, 3.05) is 0 Å². The minimum absolute atomic E-state index is 0.674. The molecule has 0 aliphatic heterocycles. The summed E-state index contributed by atoms with van der Waals surface area (Å²) < 4.78 is 9.08. The van der Waals surface area contributed by atoms with Crippen molar-refractivity contribution in [2.45, 2.75) is 6.42 Å². The van der Waals surface area contributed by atoms with Crippen LogP contribution in [0.1, 0.15) is 11.1 Å². The molecule has 3 aromatic heterocycles. The Hall–Kier alpha value is -7.56. The lowest BCUT2D eigenvalue weighted by Gasteiger charge is -2.10. The van der Waals surface area contributed by atoms with Crippen LogP contribution in [0, 0.1) is 0 Å². The fourth-order valence-electron chi connectivity index (χ4n) is 8.35. The van der Waals surface area contributed by atoms with Gasteiger partial charge in [-0.05, 0) is 70.1 Å². The van der Waals surface area contributed by atoms with Crippen molar-refractivity contribution in [1.29, 1.82) is 0 Å². The topological polar surface area (TPSA) is 43.9 Å². The van der Waals surface area contributed by atoms with Crippen LogP contribution < -0.4 is 0 Å². The van der Waals surface area contributed by atoms with Gasteiger partial charge in [0.25, 0.3) is 0 Å². The molecule has 0 aliphatic rings. The van der Waals surface area contributed by atoms with E-state index in [9.17, 15) is 0 Å². The van der Waals surface area contributed by atoms with Crippen LogP contribution in [-0.4, -0.2) is 14.5 Å². The molecule has 4 heteroatoms. The quantitative estimate of drug-likeness (QED) is 0.164. The number of para-hydroxylation sites is 2. The molecule has 0 spiro atoms. The first kappa shape index (κ1) is 32.8. The molecule has 268 valence electrons. The first-order valence-electron chi connectivity index (χ1n) is 19.4. The maximum Gasteiger partial charge on any atom is 0.180 e. The van der Waals surface area contributed by atoms with Crippen LogP contribution >= 0.6 is 0 Å². The second-order valence-electron chi connectivity index (χ2n) is 14.6. The summed E-state index contributed by atoms with van der Waals surface area (Å²) in [6.07, 6.45) is 0.720. The van der Waals surface area contributed by atoms with Crippen molar-refractivity contribution in [3.05, 3.63) is 211 Å². The van der Waals surface area contributed by atoms with Gasteiger partial charge in [0, 0.05) is 27.6 Å². The molecule has 57 heavy (non-hydrogen) atoms. The van der Waals surface area contributed by atoms with Crippen LogP contribution in [0.5, 0.6) is 0 Å². The second kappa shape index (κ2) is 13.6. The Kier molecular flexibility index (Phi) is 7.85. The number of hydrogen-bond acceptors (Lipinski definition) is 3. The van der Waals surface area contributed by atoms with Gasteiger partial charge in [-0.2, -0.15) is 0 Å². The average Bonchev–Trinajstić information content (AvgIpc) is 3.83. The molecule has 8 aromatic carbocycles. The van der Waals surface area contributed by atoms with Gasteiger partial charge in [0.15, 0.2) is 11.4 Å². The molecule has 0 fully saturated rings. The predicted molar refractivity (Wildman–Crippen MR) is 235 cm³/mol. The van der Waals surface area contributed by atoms with Gasteiger partial charge in [0.2, 0.25) is 0 Å². The molecule has 0 atom stereocenters. The first-order chi connectivity index (χ1) is 28.2. The highest BCUT2D eigenvalue weighted by atomic mass is 16.3. The van der Waals surface area contributed by atoms with Crippen molar-refractivity contribution in [2.24, 2.45) is 0 Å². The number of hydrogen-bond donors (Lipinski definition) is 0. The molecule has 0 aliphatic carbocycles. The molecule has 0 N–H and O–H groups in total. The van der Waals surface area contributed by atoms with Crippen molar-refractivity contribution >= 4 is 43.9 Å². The van der Waals surface area contributed by atoms with Crippen molar-refractivity contribution in [1.82, 2.24) is 14.5 Å². The van der Waals surface area contributed by atoms with Gasteiger partial charge in [-0.1, -0.05) is 170 Å². The minimum Gasteiger partial charge on any atom is -0.452 e. The normalized spacial score (nSPS) is 11.6. The highest BCUT2D eigenvalue weighted by Gasteiger charge is 2.21. The lowest BCUT2D eigenvalue weighted by atomic mass is 9.96. The van der Waals surface area contributed by atoms with E-state index < -0.39 is 0 Å². The Balaban J connectivity index is 1.02. The standard InChI is InChI=1S/C53H35N3O/c1-4-15-36(16-5-1)37-26-28-38(29-27-37)50-52-51(55-53(54-50)39-17-6-2-7-18-39)49-42(20-13-25-48(49)57-52)33-35-14-12-19-40(32-35)41-30-31-45-44-23-10-11-24-46(44)56(47(45)34-41)43-21-8-3-9-22-43/h1-32,34H,33H2. The third-order valence-corrected chi connectivity index (χ3v) is 11.1. The molecule has 0 bridgehead atoms. The van der Waals surface area contributed by atoms with Gasteiger partial charge >= 0.3 is 0 Å².